The highest BCUT2D eigenvalue weighted by Gasteiger charge is 2.29. The molecule has 0 radical (unpaired) electrons. The SMILES string of the molecule is CCn1cc(S(=O)(=O)N2CCOc3ccc(CN4CCCCCC4)cc3C2)cn1. The summed E-state index contributed by atoms with van der Waals surface area (Å²) < 4.78 is 35.3. The molecule has 7 nitrogen and oxygen atoms in total. The fourth-order valence-electron chi connectivity index (χ4n) is 4.08. The molecule has 158 valence electrons. The van der Waals surface area contributed by atoms with Gasteiger partial charge in [-0.1, -0.05) is 18.9 Å². The van der Waals surface area contributed by atoms with Gasteiger partial charge < -0.3 is 4.74 Å². The molecule has 1 fully saturated rings. The molecule has 8 heteroatoms. The third kappa shape index (κ3) is 4.65. The number of ether oxygens (including phenoxy) is 1. The number of aryl methyl sites for hydroxylation is 1. The van der Waals surface area contributed by atoms with Crippen LogP contribution in [0.3, 0.4) is 0 Å². The number of nitrogens with zero attached hydrogens (tertiary/aromatic N) is 4. The normalized spacial score (nSPS) is 19.2. The number of sulfonamides is 1. The summed E-state index contributed by atoms with van der Waals surface area (Å²) in [4.78, 5) is 2.74. The molecule has 0 spiro atoms. The predicted octanol–water partition coefficient (Wildman–Crippen LogP) is 2.86. The lowest BCUT2D eigenvalue weighted by Crippen LogP contribution is -2.32. The van der Waals surface area contributed by atoms with E-state index < -0.39 is 10.0 Å². The average molecular weight is 419 g/mol. The zero-order chi connectivity index (χ0) is 20.3. The van der Waals surface area contributed by atoms with Crippen LogP contribution in [0.2, 0.25) is 0 Å². The summed E-state index contributed by atoms with van der Waals surface area (Å²) in [6, 6.07) is 6.22. The summed E-state index contributed by atoms with van der Waals surface area (Å²) in [6.07, 6.45) is 8.17. The van der Waals surface area contributed by atoms with Crippen molar-refractivity contribution in [3.63, 3.8) is 0 Å². The Bertz CT molecular complexity index is 933. The van der Waals surface area contributed by atoms with Gasteiger partial charge in [-0.15, -0.1) is 0 Å². The van der Waals surface area contributed by atoms with E-state index >= 15 is 0 Å². The van der Waals surface area contributed by atoms with Crippen molar-refractivity contribution in [2.45, 2.75) is 57.1 Å². The number of benzene rings is 1. The zero-order valence-corrected chi connectivity index (χ0v) is 17.9. The number of hydrogen-bond donors (Lipinski definition) is 0. The maximum Gasteiger partial charge on any atom is 0.246 e. The second-order valence-electron chi connectivity index (χ2n) is 7.85. The maximum absolute atomic E-state index is 13.1. The van der Waals surface area contributed by atoms with E-state index in [9.17, 15) is 8.42 Å². The number of likely N-dealkylation sites (tertiary alicyclic amines) is 1. The van der Waals surface area contributed by atoms with Crippen LogP contribution < -0.4 is 4.74 Å². The van der Waals surface area contributed by atoms with Crippen molar-refractivity contribution < 1.29 is 13.2 Å². The van der Waals surface area contributed by atoms with Gasteiger partial charge in [0.15, 0.2) is 0 Å². The number of hydrogen-bond acceptors (Lipinski definition) is 5. The van der Waals surface area contributed by atoms with Crippen LogP contribution in [0.25, 0.3) is 0 Å². The van der Waals surface area contributed by atoms with E-state index in [2.05, 4.69) is 22.1 Å². The van der Waals surface area contributed by atoms with Crippen LogP contribution in [0.1, 0.15) is 43.7 Å². The summed E-state index contributed by atoms with van der Waals surface area (Å²) in [6.45, 7) is 6.75. The van der Waals surface area contributed by atoms with E-state index in [-0.39, 0.29) is 4.90 Å². The first-order valence-electron chi connectivity index (χ1n) is 10.6. The van der Waals surface area contributed by atoms with Gasteiger partial charge in [0.2, 0.25) is 10.0 Å². The third-order valence-electron chi connectivity index (χ3n) is 5.75. The Morgan fingerprint density at radius 1 is 1.10 bits per heavy atom. The van der Waals surface area contributed by atoms with Crippen molar-refractivity contribution in [3.8, 4) is 5.75 Å². The predicted molar refractivity (Wildman–Crippen MR) is 111 cm³/mol. The summed E-state index contributed by atoms with van der Waals surface area (Å²) in [5, 5.41) is 4.12. The van der Waals surface area contributed by atoms with Crippen molar-refractivity contribution >= 4 is 10.0 Å². The Kier molecular flexibility index (Phi) is 6.22. The monoisotopic (exact) mass is 418 g/mol. The molecule has 2 aliphatic rings. The van der Waals surface area contributed by atoms with Gasteiger partial charge in [-0.05, 0) is 50.6 Å². The maximum atomic E-state index is 13.1. The molecule has 1 saturated heterocycles. The van der Waals surface area contributed by atoms with Crippen molar-refractivity contribution in [2.24, 2.45) is 0 Å². The molecule has 0 N–H and O–H groups in total. The molecule has 0 saturated carbocycles. The molecule has 0 atom stereocenters. The van der Waals surface area contributed by atoms with Gasteiger partial charge >= 0.3 is 0 Å². The summed E-state index contributed by atoms with van der Waals surface area (Å²) in [5.74, 6) is 0.784. The Morgan fingerprint density at radius 3 is 2.62 bits per heavy atom. The van der Waals surface area contributed by atoms with E-state index in [4.69, 9.17) is 4.74 Å². The highest BCUT2D eigenvalue weighted by molar-refractivity contribution is 7.89. The zero-order valence-electron chi connectivity index (χ0n) is 17.1. The van der Waals surface area contributed by atoms with Crippen LogP contribution >= 0.6 is 0 Å². The minimum absolute atomic E-state index is 0.239. The van der Waals surface area contributed by atoms with Crippen LogP contribution in [0, 0.1) is 0 Å². The van der Waals surface area contributed by atoms with Crippen LogP contribution in [-0.4, -0.2) is 53.6 Å². The molecule has 1 aromatic carbocycles. The minimum Gasteiger partial charge on any atom is -0.492 e. The van der Waals surface area contributed by atoms with Crippen molar-refractivity contribution in [2.75, 3.05) is 26.2 Å². The van der Waals surface area contributed by atoms with Gasteiger partial charge in [0, 0.05) is 37.9 Å². The van der Waals surface area contributed by atoms with Gasteiger partial charge in [-0.25, -0.2) is 8.42 Å². The van der Waals surface area contributed by atoms with Crippen molar-refractivity contribution in [1.29, 1.82) is 0 Å². The fourth-order valence-corrected chi connectivity index (χ4v) is 5.44. The second-order valence-corrected chi connectivity index (χ2v) is 9.79. The van der Waals surface area contributed by atoms with Gasteiger partial charge in [-0.3, -0.25) is 9.58 Å². The Labute approximate surface area is 173 Å². The fraction of sp³-hybridized carbons (Fsp3) is 0.571. The Morgan fingerprint density at radius 2 is 1.90 bits per heavy atom. The molecule has 2 aromatic rings. The molecule has 0 amide bonds. The average Bonchev–Trinajstić information content (AvgIpc) is 2.92. The van der Waals surface area contributed by atoms with Gasteiger partial charge in [0.05, 0.1) is 6.20 Å². The van der Waals surface area contributed by atoms with Crippen molar-refractivity contribution in [1.82, 2.24) is 19.0 Å². The molecule has 2 aliphatic heterocycles. The largest absolute Gasteiger partial charge is 0.492 e. The molecule has 0 unspecified atom stereocenters. The lowest BCUT2D eigenvalue weighted by atomic mass is 10.1. The summed E-state index contributed by atoms with van der Waals surface area (Å²) >= 11 is 0. The summed E-state index contributed by atoms with van der Waals surface area (Å²) in [5.41, 5.74) is 2.15. The molecular formula is C21H30N4O3S. The molecule has 29 heavy (non-hydrogen) atoms. The van der Waals surface area contributed by atoms with Gasteiger partial charge in [0.1, 0.15) is 17.3 Å². The standard InChI is InChI=1S/C21H30N4O3S/c1-2-24-17-20(14-22-24)29(26,27)25-11-12-28-21-8-7-18(13-19(21)16-25)15-23-9-5-3-4-6-10-23/h7-8,13-14,17H,2-6,9-12,15-16H2,1H3. The lowest BCUT2D eigenvalue weighted by molar-refractivity contribution is 0.276. The highest BCUT2D eigenvalue weighted by atomic mass is 32.2. The number of rotatable bonds is 5. The first kappa shape index (κ1) is 20.4. The van der Waals surface area contributed by atoms with Gasteiger partial charge in [0.25, 0.3) is 0 Å². The molecule has 0 bridgehead atoms. The number of fused-ring (bicyclic) bond motifs is 1. The first-order valence-corrected chi connectivity index (χ1v) is 12.0. The van der Waals surface area contributed by atoms with E-state index in [1.54, 1.807) is 10.9 Å². The van der Waals surface area contributed by atoms with Crippen LogP contribution in [0.15, 0.2) is 35.5 Å². The van der Waals surface area contributed by atoms with Crippen molar-refractivity contribution in [3.05, 3.63) is 41.7 Å². The first-order chi connectivity index (χ1) is 14.1. The molecular weight excluding hydrogens is 388 g/mol. The van der Waals surface area contributed by atoms with E-state index in [1.165, 1.54) is 41.7 Å². The molecule has 0 aliphatic carbocycles. The molecule has 3 heterocycles. The van der Waals surface area contributed by atoms with Crippen LogP contribution in [-0.2, 0) is 29.7 Å². The van der Waals surface area contributed by atoms with E-state index in [0.717, 1.165) is 30.9 Å². The minimum atomic E-state index is -3.60. The molecule has 4 rings (SSSR count). The Hall–Kier alpha value is -1.90. The lowest BCUT2D eigenvalue weighted by Gasteiger charge is -2.21. The summed E-state index contributed by atoms with van der Waals surface area (Å²) in [7, 11) is -3.60. The van der Waals surface area contributed by atoms with Crippen LogP contribution in [0.4, 0.5) is 0 Å². The molecule has 1 aromatic heterocycles. The topological polar surface area (TPSA) is 67.7 Å². The van der Waals surface area contributed by atoms with Gasteiger partial charge in [-0.2, -0.15) is 9.40 Å². The smallest absolute Gasteiger partial charge is 0.246 e. The third-order valence-corrected chi connectivity index (χ3v) is 7.54. The number of aromatic nitrogens is 2. The van der Waals surface area contributed by atoms with Crippen LogP contribution in [0.5, 0.6) is 5.75 Å². The second kappa shape index (κ2) is 8.85. The Balaban J connectivity index is 1.54. The van der Waals surface area contributed by atoms with E-state index in [1.807, 2.05) is 13.0 Å². The quantitative estimate of drug-likeness (QED) is 0.747. The van der Waals surface area contributed by atoms with E-state index in [0.29, 0.717) is 26.2 Å². The highest BCUT2D eigenvalue weighted by Crippen LogP contribution is 2.28.